The summed E-state index contributed by atoms with van der Waals surface area (Å²) in [5, 5.41) is 3.11. The van der Waals surface area contributed by atoms with E-state index in [0.29, 0.717) is 27.8 Å². The fourth-order valence-electron chi connectivity index (χ4n) is 1.60. The van der Waals surface area contributed by atoms with Crippen LogP contribution in [0, 0.1) is 0 Å². The van der Waals surface area contributed by atoms with Gasteiger partial charge in [-0.15, -0.1) is 0 Å². The van der Waals surface area contributed by atoms with Gasteiger partial charge in [0.25, 0.3) is 5.91 Å². The molecule has 0 aliphatic heterocycles. The van der Waals surface area contributed by atoms with Crippen molar-refractivity contribution in [1.82, 2.24) is 5.32 Å². The smallest absolute Gasteiger partial charge is 0.254 e. The summed E-state index contributed by atoms with van der Waals surface area (Å²) in [6, 6.07) is 11.8. The lowest BCUT2D eigenvalue weighted by Gasteiger charge is -2.11. The molecule has 0 heterocycles. The van der Waals surface area contributed by atoms with E-state index < -0.39 is 0 Å². The molecule has 1 amide bonds. The van der Waals surface area contributed by atoms with E-state index in [9.17, 15) is 4.79 Å². The normalized spacial score (nSPS) is 10.0. The van der Waals surface area contributed by atoms with Gasteiger partial charge in [0.15, 0.2) is 0 Å². The highest BCUT2D eigenvalue weighted by Crippen LogP contribution is 2.28. The van der Waals surface area contributed by atoms with Gasteiger partial charge in [0, 0.05) is 23.8 Å². The van der Waals surface area contributed by atoms with Crippen LogP contribution in [0.4, 0.5) is 5.69 Å². The van der Waals surface area contributed by atoms with E-state index in [1.54, 1.807) is 49.5 Å². The van der Waals surface area contributed by atoms with Crippen LogP contribution >= 0.6 is 11.6 Å². The molecule has 0 unspecified atom stereocenters. The molecule has 0 bridgehead atoms. The van der Waals surface area contributed by atoms with Crippen LogP contribution < -0.4 is 15.8 Å². The third kappa shape index (κ3) is 3.17. The summed E-state index contributed by atoms with van der Waals surface area (Å²) < 4.78 is 5.67. The summed E-state index contributed by atoms with van der Waals surface area (Å²) in [6.07, 6.45) is 0. The highest BCUT2D eigenvalue weighted by atomic mass is 35.5. The van der Waals surface area contributed by atoms with Crippen molar-refractivity contribution in [1.29, 1.82) is 0 Å². The van der Waals surface area contributed by atoms with E-state index in [1.807, 2.05) is 0 Å². The zero-order chi connectivity index (χ0) is 13.8. The van der Waals surface area contributed by atoms with E-state index in [-0.39, 0.29) is 5.91 Å². The lowest BCUT2D eigenvalue weighted by Crippen LogP contribution is -2.18. The van der Waals surface area contributed by atoms with Crippen molar-refractivity contribution >= 4 is 23.2 Å². The van der Waals surface area contributed by atoms with E-state index in [4.69, 9.17) is 22.1 Å². The highest BCUT2D eigenvalue weighted by molar-refractivity contribution is 6.30. The predicted octanol–water partition coefficient (Wildman–Crippen LogP) is 3.07. The van der Waals surface area contributed by atoms with E-state index >= 15 is 0 Å². The summed E-state index contributed by atoms with van der Waals surface area (Å²) in [5.41, 5.74) is 6.65. The third-order valence-electron chi connectivity index (χ3n) is 2.50. The number of carbonyl (C=O) groups is 1. The van der Waals surface area contributed by atoms with Crippen molar-refractivity contribution in [2.75, 3.05) is 12.8 Å². The van der Waals surface area contributed by atoms with Gasteiger partial charge in [-0.2, -0.15) is 0 Å². The first-order valence-electron chi connectivity index (χ1n) is 5.65. The number of hydrogen-bond donors (Lipinski definition) is 2. The van der Waals surface area contributed by atoms with E-state index in [1.165, 1.54) is 0 Å². The number of ether oxygens (including phenoxy) is 1. The fraction of sp³-hybridized carbons (Fsp3) is 0.0714. The first kappa shape index (κ1) is 13.2. The Morgan fingerprint density at radius 2 is 2.05 bits per heavy atom. The lowest BCUT2D eigenvalue weighted by atomic mass is 10.1. The molecule has 0 radical (unpaired) electrons. The molecule has 19 heavy (non-hydrogen) atoms. The van der Waals surface area contributed by atoms with E-state index in [0.717, 1.165) is 0 Å². The maximum absolute atomic E-state index is 11.7. The number of nitrogens with one attached hydrogen (secondary N) is 1. The molecule has 0 atom stereocenters. The average Bonchev–Trinajstić information content (AvgIpc) is 2.38. The molecule has 0 aliphatic carbocycles. The monoisotopic (exact) mass is 276 g/mol. The number of benzene rings is 2. The third-order valence-corrected chi connectivity index (χ3v) is 2.74. The standard InChI is InChI=1S/C14H13ClN2O2/c1-17-14(18)12-6-5-10(16)8-13(12)19-11-4-2-3-9(15)7-11/h2-8H,16H2,1H3,(H,17,18). The minimum Gasteiger partial charge on any atom is -0.456 e. The Morgan fingerprint density at radius 3 is 2.74 bits per heavy atom. The predicted molar refractivity (Wildman–Crippen MR) is 75.8 cm³/mol. The van der Waals surface area contributed by atoms with Crippen molar-refractivity contribution in [2.45, 2.75) is 0 Å². The second kappa shape index (κ2) is 5.63. The van der Waals surface area contributed by atoms with Gasteiger partial charge < -0.3 is 15.8 Å². The van der Waals surface area contributed by atoms with Crippen LogP contribution in [0.25, 0.3) is 0 Å². The SMILES string of the molecule is CNC(=O)c1ccc(N)cc1Oc1cccc(Cl)c1. The van der Waals surface area contributed by atoms with Crippen LogP contribution in [0.15, 0.2) is 42.5 Å². The number of amides is 1. The van der Waals surface area contributed by atoms with Crippen LogP contribution in [-0.2, 0) is 0 Å². The van der Waals surface area contributed by atoms with Gasteiger partial charge in [-0.25, -0.2) is 0 Å². The maximum Gasteiger partial charge on any atom is 0.254 e. The summed E-state index contributed by atoms with van der Waals surface area (Å²) in [6.45, 7) is 0. The summed E-state index contributed by atoms with van der Waals surface area (Å²) in [7, 11) is 1.56. The number of nitrogens with two attached hydrogens (primary N) is 1. The minimum absolute atomic E-state index is 0.239. The average molecular weight is 277 g/mol. The molecule has 0 spiro atoms. The number of nitrogen functional groups attached to an aromatic ring is 1. The molecule has 0 fully saturated rings. The molecular formula is C14H13ClN2O2. The molecule has 0 saturated heterocycles. The number of halogens is 1. The highest BCUT2D eigenvalue weighted by Gasteiger charge is 2.12. The Morgan fingerprint density at radius 1 is 1.26 bits per heavy atom. The topological polar surface area (TPSA) is 64.4 Å². The van der Waals surface area contributed by atoms with Crippen molar-refractivity contribution < 1.29 is 9.53 Å². The minimum atomic E-state index is -0.239. The molecule has 2 aromatic rings. The molecule has 5 heteroatoms. The fourth-order valence-corrected chi connectivity index (χ4v) is 1.78. The van der Waals surface area contributed by atoms with Crippen molar-refractivity contribution in [3.63, 3.8) is 0 Å². The van der Waals surface area contributed by atoms with Crippen molar-refractivity contribution in [3.05, 3.63) is 53.1 Å². The van der Waals surface area contributed by atoms with Gasteiger partial charge in [-0.1, -0.05) is 17.7 Å². The van der Waals surface area contributed by atoms with Crippen molar-refractivity contribution in [2.24, 2.45) is 0 Å². The number of anilines is 1. The van der Waals surface area contributed by atoms with Gasteiger partial charge in [0.05, 0.1) is 5.56 Å². The Balaban J connectivity index is 2.38. The number of rotatable bonds is 3. The molecule has 98 valence electrons. The molecule has 2 rings (SSSR count). The van der Waals surface area contributed by atoms with Crippen LogP contribution in [-0.4, -0.2) is 13.0 Å². The van der Waals surface area contributed by atoms with Gasteiger partial charge in [0.2, 0.25) is 0 Å². The van der Waals surface area contributed by atoms with Gasteiger partial charge in [-0.3, -0.25) is 4.79 Å². The van der Waals surface area contributed by atoms with Gasteiger partial charge in [0.1, 0.15) is 11.5 Å². The van der Waals surface area contributed by atoms with Crippen molar-refractivity contribution in [3.8, 4) is 11.5 Å². The van der Waals surface area contributed by atoms with Gasteiger partial charge >= 0.3 is 0 Å². The molecule has 0 saturated carbocycles. The summed E-state index contributed by atoms with van der Waals surface area (Å²) >= 11 is 5.89. The van der Waals surface area contributed by atoms with Gasteiger partial charge in [-0.05, 0) is 30.3 Å². The molecule has 2 aromatic carbocycles. The van der Waals surface area contributed by atoms with Crippen LogP contribution in [0.2, 0.25) is 5.02 Å². The largest absolute Gasteiger partial charge is 0.456 e. The Kier molecular flexibility index (Phi) is 3.92. The second-order valence-corrected chi connectivity index (χ2v) is 4.33. The number of hydrogen-bond acceptors (Lipinski definition) is 3. The molecular weight excluding hydrogens is 264 g/mol. The summed E-state index contributed by atoms with van der Waals surface area (Å²) in [4.78, 5) is 11.7. The Hall–Kier alpha value is -2.20. The zero-order valence-electron chi connectivity index (χ0n) is 10.3. The summed E-state index contributed by atoms with van der Waals surface area (Å²) in [5.74, 6) is 0.696. The first-order valence-corrected chi connectivity index (χ1v) is 6.03. The Labute approximate surface area is 116 Å². The van der Waals surface area contributed by atoms with Crippen LogP contribution in [0.3, 0.4) is 0 Å². The quantitative estimate of drug-likeness (QED) is 0.847. The zero-order valence-corrected chi connectivity index (χ0v) is 11.1. The number of carbonyl (C=O) groups excluding carboxylic acids is 1. The molecule has 0 aliphatic rings. The Bertz CT molecular complexity index is 614. The molecule has 3 N–H and O–H groups in total. The second-order valence-electron chi connectivity index (χ2n) is 3.89. The molecule has 0 aromatic heterocycles. The first-order chi connectivity index (χ1) is 9.10. The van der Waals surface area contributed by atoms with E-state index in [2.05, 4.69) is 5.32 Å². The van der Waals surface area contributed by atoms with Crippen LogP contribution in [0.1, 0.15) is 10.4 Å². The maximum atomic E-state index is 11.7. The lowest BCUT2D eigenvalue weighted by molar-refractivity contribution is 0.0961. The van der Waals surface area contributed by atoms with Crippen LogP contribution in [0.5, 0.6) is 11.5 Å². The molecule has 4 nitrogen and oxygen atoms in total.